The number of hydrogen-bond acceptors (Lipinski definition) is 4. The third-order valence-electron chi connectivity index (χ3n) is 3.77. The fourth-order valence-corrected chi connectivity index (χ4v) is 2.58. The summed E-state index contributed by atoms with van der Waals surface area (Å²) < 4.78 is 5.18. The molecular formula is C18H24ClN3O2. The lowest BCUT2D eigenvalue weighted by Gasteiger charge is -2.23. The summed E-state index contributed by atoms with van der Waals surface area (Å²) >= 11 is 6.01. The van der Waals surface area contributed by atoms with E-state index in [-0.39, 0.29) is 11.8 Å². The van der Waals surface area contributed by atoms with Crippen molar-refractivity contribution in [3.8, 4) is 0 Å². The van der Waals surface area contributed by atoms with E-state index in [9.17, 15) is 4.79 Å². The largest absolute Gasteiger partial charge is 0.355 e. The van der Waals surface area contributed by atoms with E-state index in [1.807, 2.05) is 52.0 Å². The molecule has 0 spiro atoms. The molecule has 1 aromatic heterocycles. The van der Waals surface area contributed by atoms with Crippen LogP contribution in [0.4, 0.5) is 0 Å². The second kappa shape index (κ2) is 7.79. The second-order valence-electron chi connectivity index (χ2n) is 6.90. The van der Waals surface area contributed by atoms with Gasteiger partial charge in [0.05, 0.1) is 0 Å². The van der Waals surface area contributed by atoms with Crippen LogP contribution in [0.25, 0.3) is 0 Å². The Bertz CT molecular complexity index is 695. The van der Waals surface area contributed by atoms with E-state index in [2.05, 4.69) is 15.5 Å². The molecule has 0 aliphatic heterocycles. The summed E-state index contributed by atoms with van der Waals surface area (Å²) in [5.74, 6) is 1.46. The Morgan fingerprint density at radius 2 is 2.12 bits per heavy atom. The number of carbonyl (C=O) groups excluding carboxylic acids is 1. The van der Waals surface area contributed by atoms with E-state index in [0.717, 1.165) is 5.56 Å². The summed E-state index contributed by atoms with van der Waals surface area (Å²) in [7, 11) is 0. The monoisotopic (exact) mass is 349 g/mol. The molecule has 0 atom stereocenters. The Labute approximate surface area is 147 Å². The highest BCUT2D eigenvalue weighted by molar-refractivity contribution is 6.30. The van der Waals surface area contributed by atoms with E-state index >= 15 is 0 Å². The zero-order valence-corrected chi connectivity index (χ0v) is 15.4. The lowest BCUT2D eigenvalue weighted by molar-refractivity contribution is -0.129. The molecule has 1 aromatic carbocycles. The average molecular weight is 350 g/mol. The zero-order valence-electron chi connectivity index (χ0n) is 14.6. The van der Waals surface area contributed by atoms with Crippen LogP contribution in [-0.2, 0) is 17.6 Å². The number of benzene rings is 1. The molecule has 2 rings (SSSR count). The van der Waals surface area contributed by atoms with Gasteiger partial charge < -0.3 is 9.84 Å². The van der Waals surface area contributed by atoms with Crippen molar-refractivity contribution in [2.45, 2.75) is 46.5 Å². The molecule has 5 nitrogen and oxygen atoms in total. The fraction of sp³-hybridized carbons (Fsp3) is 0.500. The highest BCUT2D eigenvalue weighted by Crippen LogP contribution is 2.23. The zero-order chi connectivity index (χ0) is 17.7. The van der Waals surface area contributed by atoms with Crippen LogP contribution in [0.15, 0.2) is 28.8 Å². The third-order valence-corrected chi connectivity index (χ3v) is 4.01. The summed E-state index contributed by atoms with van der Waals surface area (Å²) in [5, 5.41) is 7.54. The minimum Gasteiger partial charge on any atom is -0.355 e. The van der Waals surface area contributed by atoms with Crippen molar-refractivity contribution < 1.29 is 9.32 Å². The van der Waals surface area contributed by atoms with Crippen LogP contribution >= 0.6 is 11.6 Å². The normalized spacial score (nSPS) is 11.8. The molecule has 130 valence electrons. The number of hydrogen-bond donors (Lipinski definition) is 1. The Balaban J connectivity index is 1.86. The van der Waals surface area contributed by atoms with E-state index in [1.165, 1.54) is 0 Å². The molecule has 1 heterocycles. The quantitative estimate of drug-likeness (QED) is 0.826. The SMILES string of the molecule is CC(C)c1noc(CCNC(=O)C(C)(C)Cc2cccc(Cl)c2)n1. The molecule has 24 heavy (non-hydrogen) atoms. The molecule has 0 bridgehead atoms. The maximum atomic E-state index is 12.4. The fourth-order valence-electron chi connectivity index (χ4n) is 2.36. The molecule has 0 radical (unpaired) electrons. The Morgan fingerprint density at radius 1 is 1.38 bits per heavy atom. The van der Waals surface area contributed by atoms with Crippen LogP contribution in [0.5, 0.6) is 0 Å². The average Bonchev–Trinajstić information content (AvgIpc) is 2.95. The highest BCUT2D eigenvalue weighted by Gasteiger charge is 2.27. The highest BCUT2D eigenvalue weighted by atomic mass is 35.5. The van der Waals surface area contributed by atoms with Gasteiger partial charge in [-0.25, -0.2) is 0 Å². The van der Waals surface area contributed by atoms with Gasteiger partial charge in [0.2, 0.25) is 11.8 Å². The molecule has 0 saturated carbocycles. The first kappa shape index (κ1) is 18.5. The number of amides is 1. The predicted octanol–water partition coefficient (Wildman–Crippen LogP) is 3.77. The van der Waals surface area contributed by atoms with Gasteiger partial charge >= 0.3 is 0 Å². The molecular weight excluding hydrogens is 326 g/mol. The molecule has 6 heteroatoms. The molecule has 0 aliphatic rings. The van der Waals surface area contributed by atoms with Crippen LogP contribution in [0.2, 0.25) is 5.02 Å². The van der Waals surface area contributed by atoms with E-state index in [1.54, 1.807) is 0 Å². The lowest BCUT2D eigenvalue weighted by atomic mass is 9.85. The molecule has 0 aliphatic carbocycles. The van der Waals surface area contributed by atoms with Crippen molar-refractivity contribution in [1.29, 1.82) is 0 Å². The first-order chi connectivity index (χ1) is 11.3. The first-order valence-corrected chi connectivity index (χ1v) is 8.51. The number of carbonyl (C=O) groups is 1. The van der Waals surface area contributed by atoms with Gasteiger partial charge in [-0.2, -0.15) is 4.98 Å². The van der Waals surface area contributed by atoms with Gasteiger partial charge in [-0.15, -0.1) is 0 Å². The van der Waals surface area contributed by atoms with E-state index in [4.69, 9.17) is 16.1 Å². The smallest absolute Gasteiger partial charge is 0.228 e. The summed E-state index contributed by atoms with van der Waals surface area (Å²) in [6.45, 7) is 8.33. The van der Waals surface area contributed by atoms with Crippen LogP contribution in [0, 0.1) is 5.41 Å². The number of nitrogens with one attached hydrogen (secondary N) is 1. The Hall–Kier alpha value is -1.88. The van der Waals surface area contributed by atoms with Crippen molar-refractivity contribution >= 4 is 17.5 Å². The molecule has 2 aromatic rings. The Kier molecular flexibility index (Phi) is 5.99. The van der Waals surface area contributed by atoms with E-state index in [0.29, 0.717) is 36.1 Å². The first-order valence-electron chi connectivity index (χ1n) is 8.13. The minimum absolute atomic E-state index is 0.00826. The number of aromatic nitrogens is 2. The standard InChI is InChI=1S/C18H24ClN3O2/c1-12(2)16-21-15(24-22-16)8-9-20-17(23)18(3,4)11-13-6-5-7-14(19)10-13/h5-7,10,12H,8-9,11H2,1-4H3,(H,20,23). The lowest BCUT2D eigenvalue weighted by Crippen LogP contribution is -2.39. The number of rotatable bonds is 7. The maximum Gasteiger partial charge on any atom is 0.228 e. The van der Waals surface area contributed by atoms with Crippen molar-refractivity contribution in [2.75, 3.05) is 6.54 Å². The summed E-state index contributed by atoms with van der Waals surface area (Å²) in [4.78, 5) is 16.7. The van der Waals surface area contributed by atoms with Crippen LogP contribution in [-0.4, -0.2) is 22.6 Å². The molecule has 1 N–H and O–H groups in total. The van der Waals surface area contributed by atoms with E-state index < -0.39 is 5.41 Å². The molecule has 0 unspecified atom stereocenters. The topological polar surface area (TPSA) is 68.0 Å². The number of nitrogens with zero attached hydrogens (tertiary/aromatic N) is 2. The second-order valence-corrected chi connectivity index (χ2v) is 7.33. The van der Waals surface area contributed by atoms with Gasteiger partial charge in [0.15, 0.2) is 5.82 Å². The third kappa shape index (κ3) is 5.06. The van der Waals surface area contributed by atoms with Gasteiger partial charge in [0.25, 0.3) is 0 Å². The minimum atomic E-state index is -0.525. The number of halogens is 1. The summed E-state index contributed by atoms with van der Waals surface area (Å²) in [5.41, 5.74) is 0.518. The van der Waals surface area contributed by atoms with Crippen molar-refractivity contribution in [2.24, 2.45) is 5.41 Å². The van der Waals surface area contributed by atoms with Crippen LogP contribution in [0.3, 0.4) is 0 Å². The van der Waals surface area contributed by atoms with Gasteiger partial charge in [-0.05, 0) is 24.1 Å². The molecule has 0 fully saturated rings. The van der Waals surface area contributed by atoms with Gasteiger partial charge in [-0.1, -0.05) is 56.6 Å². The van der Waals surface area contributed by atoms with Crippen LogP contribution < -0.4 is 5.32 Å². The summed E-state index contributed by atoms with van der Waals surface area (Å²) in [6, 6.07) is 7.59. The van der Waals surface area contributed by atoms with Crippen molar-refractivity contribution in [1.82, 2.24) is 15.5 Å². The molecule has 1 amide bonds. The Morgan fingerprint density at radius 3 is 2.75 bits per heavy atom. The van der Waals surface area contributed by atoms with Gasteiger partial charge in [0.1, 0.15) is 0 Å². The molecule has 0 saturated heterocycles. The summed E-state index contributed by atoms with van der Waals surface area (Å²) in [6.07, 6.45) is 1.15. The maximum absolute atomic E-state index is 12.4. The van der Waals surface area contributed by atoms with Crippen molar-refractivity contribution in [3.05, 3.63) is 46.6 Å². The van der Waals surface area contributed by atoms with Crippen molar-refractivity contribution in [3.63, 3.8) is 0 Å². The predicted molar refractivity (Wildman–Crippen MR) is 94.0 cm³/mol. The van der Waals surface area contributed by atoms with Gasteiger partial charge in [0, 0.05) is 29.3 Å². The van der Waals surface area contributed by atoms with Gasteiger partial charge in [-0.3, -0.25) is 4.79 Å². The van der Waals surface area contributed by atoms with Crippen LogP contribution in [0.1, 0.15) is 50.9 Å².